The Bertz CT molecular complexity index is 614. The highest BCUT2D eigenvalue weighted by Crippen LogP contribution is 2.30. The number of aryl methyl sites for hydroxylation is 1. The van der Waals surface area contributed by atoms with Gasteiger partial charge in [0.25, 0.3) is 0 Å². The summed E-state index contributed by atoms with van der Waals surface area (Å²) < 4.78 is 1.63. The fraction of sp³-hybridized carbons (Fsp3) is 0.231. The quantitative estimate of drug-likeness (QED) is 0.838. The minimum Gasteiger partial charge on any atom is -0.384 e. The first-order valence-electron chi connectivity index (χ1n) is 6.11. The van der Waals surface area contributed by atoms with Gasteiger partial charge in [-0.3, -0.25) is 19.9 Å². The number of carbonyl (C=O) groups is 1. The zero-order chi connectivity index (χ0) is 13.4. The molecule has 98 valence electrons. The molecule has 0 spiro atoms. The van der Waals surface area contributed by atoms with Crippen molar-refractivity contribution in [3.05, 3.63) is 30.3 Å². The molecular formula is C13H15N5O. The number of benzene rings is 1. The lowest BCUT2D eigenvalue weighted by Crippen LogP contribution is -2.33. The molecule has 1 aliphatic rings. The molecule has 1 aliphatic heterocycles. The predicted molar refractivity (Wildman–Crippen MR) is 73.2 cm³/mol. The van der Waals surface area contributed by atoms with Gasteiger partial charge in [-0.25, -0.2) is 0 Å². The van der Waals surface area contributed by atoms with Crippen LogP contribution in [0.5, 0.6) is 0 Å². The van der Waals surface area contributed by atoms with Crippen LogP contribution in [0.3, 0.4) is 0 Å². The summed E-state index contributed by atoms with van der Waals surface area (Å²) >= 11 is 0. The maximum Gasteiger partial charge on any atom is 0.240 e. The Hall–Kier alpha value is -2.50. The highest BCUT2D eigenvalue weighted by atomic mass is 16.2. The van der Waals surface area contributed by atoms with E-state index in [1.165, 1.54) is 0 Å². The molecule has 1 saturated heterocycles. The van der Waals surface area contributed by atoms with E-state index in [0.29, 0.717) is 18.8 Å². The molecule has 0 unspecified atom stereocenters. The van der Waals surface area contributed by atoms with Gasteiger partial charge in [-0.1, -0.05) is 18.2 Å². The smallest absolute Gasteiger partial charge is 0.240 e. The third-order valence-electron chi connectivity index (χ3n) is 3.21. The number of para-hydroxylation sites is 1. The lowest BCUT2D eigenvalue weighted by atomic mass is 10.1. The molecule has 1 fully saturated rings. The lowest BCUT2D eigenvalue weighted by molar-refractivity contribution is -0.119. The van der Waals surface area contributed by atoms with Gasteiger partial charge in [0.2, 0.25) is 5.91 Å². The Morgan fingerprint density at radius 2 is 2.16 bits per heavy atom. The van der Waals surface area contributed by atoms with Gasteiger partial charge in [0.15, 0.2) is 0 Å². The van der Waals surface area contributed by atoms with Gasteiger partial charge in [0.05, 0.1) is 11.4 Å². The third-order valence-corrected chi connectivity index (χ3v) is 3.21. The van der Waals surface area contributed by atoms with Crippen molar-refractivity contribution in [1.82, 2.24) is 15.2 Å². The van der Waals surface area contributed by atoms with Crippen LogP contribution in [0.4, 0.5) is 11.5 Å². The summed E-state index contributed by atoms with van der Waals surface area (Å²) in [5.74, 6) is 0.644. The van der Waals surface area contributed by atoms with Crippen molar-refractivity contribution in [1.29, 1.82) is 0 Å². The number of carbonyl (C=O) groups excluding carboxylic acids is 1. The summed E-state index contributed by atoms with van der Waals surface area (Å²) in [6.45, 7) is 0.665. The third kappa shape index (κ3) is 2.01. The van der Waals surface area contributed by atoms with Gasteiger partial charge in [-0.05, 0) is 6.07 Å². The van der Waals surface area contributed by atoms with E-state index in [9.17, 15) is 4.79 Å². The molecule has 3 rings (SSSR count). The zero-order valence-electron chi connectivity index (χ0n) is 10.6. The number of hydrogen-bond acceptors (Lipinski definition) is 4. The fourth-order valence-corrected chi connectivity index (χ4v) is 2.20. The van der Waals surface area contributed by atoms with Crippen LogP contribution in [-0.4, -0.2) is 22.2 Å². The number of anilines is 2. The van der Waals surface area contributed by atoms with Gasteiger partial charge in [0, 0.05) is 31.6 Å². The number of nitrogens with two attached hydrogens (primary N) is 1. The second-order valence-electron chi connectivity index (χ2n) is 4.53. The van der Waals surface area contributed by atoms with E-state index in [4.69, 9.17) is 5.73 Å². The van der Waals surface area contributed by atoms with Crippen LogP contribution in [-0.2, 0) is 11.8 Å². The molecule has 1 amide bonds. The summed E-state index contributed by atoms with van der Waals surface area (Å²) in [4.78, 5) is 11.3. The van der Waals surface area contributed by atoms with Crippen LogP contribution in [0.1, 0.15) is 6.42 Å². The van der Waals surface area contributed by atoms with Crippen LogP contribution in [0.25, 0.3) is 11.3 Å². The fourth-order valence-electron chi connectivity index (χ4n) is 2.20. The second kappa shape index (κ2) is 4.31. The molecule has 0 radical (unpaired) electrons. The van der Waals surface area contributed by atoms with Crippen LogP contribution in [0.2, 0.25) is 0 Å². The molecule has 2 aromatic rings. The van der Waals surface area contributed by atoms with E-state index in [0.717, 1.165) is 16.9 Å². The van der Waals surface area contributed by atoms with Gasteiger partial charge in [0.1, 0.15) is 5.82 Å². The first-order chi connectivity index (χ1) is 9.15. The summed E-state index contributed by atoms with van der Waals surface area (Å²) in [6, 6.07) is 9.65. The molecule has 0 saturated carbocycles. The molecule has 19 heavy (non-hydrogen) atoms. The van der Waals surface area contributed by atoms with Crippen LogP contribution >= 0.6 is 0 Å². The van der Waals surface area contributed by atoms with E-state index >= 15 is 0 Å². The van der Waals surface area contributed by atoms with Gasteiger partial charge in [-0.2, -0.15) is 5.10 Å². The average Bonchev–Trinajstić information content (AvgIpc) is 2.97. The van der Waals surface area contributed by atoms with Crippen molar-refractivity contribution >= 4 is 17.4 Å². The summed E-state index contributed by atoms with van der Waals surface area (Å²) in [5, 5.41) is 6.23. The van der Waals surface area contributed by atoms with Crippen molar-refractivity contribution in [3.63, 3.8) is 0 Å². The molecule has 2 heterocycles. The first kappa shape index (κ1) is 11.6. The Morgan fingerprint density at radius 3 is 2.79 bits per heavy atom. The number of nitrogen functional groups attached to an aromatic ring is 1. The Morgan fingerprint density at radius 1 is 1.37 bits per heavy atom. The predicted octanol–water partition coefficient (Wildman–Crippen LogP) is 0.911. The van der Waals surface area contributed by atoms with Crippen molar-refractivity contribution in [3.8, 4) is 11.3 Å². The number of aromatic nitrogens is 2. The van der Waals surface area contributed by atoms with Gasteiger partial charge < -0.3 is 5.73 Å². The molecule has 6 nitrogen and oxygen atoms in total. The molecule has 1 aromatic heterocycles. The van der Waals surface area contributed by atoms with Crippen molar-refractivity contribution in [2.24, 2.45) is 7.05 Å². The molecule has 0 aliphatic carbocycles. The van der Waals surface area contributed by atoms with Crippen LogP contribution in [0, 0.1) is 0 Å². The standard InChI is InChI=1S/C13H15N5O/c1-17-12(14)8-10(15-17)9-4-2-3-5-11(9)18-7-6-13(19)16-18/h2-5,8H,6-7,14H2,1H3,(H,16,19). The maximum atomic E-state index is 11.3. The van der Waals surface area contributed by atoms with Crippen molar-refractivity contribution < 1.29 is 4.79 Å². The number of nitrogens with zero attached hydrogens (tertiary/aromatic N) is 3. The zero-order valence-corrected chi connectivity index (χ0v) is 10.6. The average molecular weight is 257 g/mol. The Balaban J connectivity index is 2.04. The minimum absolute atomic E-state index is 0.0373. The monoisotopic (exact) mass is 257 g/mol. The molecule has 1 aromatic carbocycles. The molecule has 0 bridgehead atoms. The largest absolute Gasteiger partial charge is 0.384 e. The highest BCUT2D eigenvalue weighted by Gasteiger charge is 2.22. The molecule has 3 N–H and O–H groups in total. The van der Waals surface area contributed by atoms with Gasteiger partial charge >= 0.3 is 0 Å². The van der Waals surface area contributed by atoms with Crippen molar-refractivity contribution in [2.75, 3.05) is 17.3 Å². The molecule has 6 heteroatoms. The Kier molecular flexibility index (Phi) is 2.63. The van der Waals surface area contributed by atoms with E-state index in [1.54, 1.807) is 11.7 Å². The maximum absolute atomic E-state index is 11.3. The number of rotatable bonds is 2. The summed E-state index contributed by atoms with van der Waals surface area (Å²) in [7, 11) is 1.80. The van der Waals surface area contributed by atoms with Crippen LogP contribution < -0.4 is 16.2 Å². The van der Waals surface area contributed by atoms with Gasteiger partial charge in [-0.15, -0.1) is 0 Å². The molecular weight excluding hydrogens is 242 g/mol. The highest BCUT2D eigenvalue weighted by molar-refractivity contribution is 5.85. The summed E-state index contributed by atoms with van der Waals surface area (Å²) in [5.41, 5.74) is 11.3. The molecule has 0 atom stereocenters. The SMILES string of the molecule is Cn1nc(-c2ccccc2N2CCC(=O)N2)cc1N. The number of hydrazine groups is 1. The van der Waals surface area contributed by atoms with E-state index in [-0.39, 0.29) is 5.91 Å². The van der Waals surface area contributed by atoms with Crippen molar-refractivity contribution in [2.45, 2.75) is 6.42 Å². The number of amides is 1. The van der Waals surface area contributed by atoms with E-state index in [2.05, 4.69) is 10.5 Å². The normalized spacial score (nSPS) is 14.8. The van der Waals surface area contributed by atoms with Crippen LogP contribution in [0.15, 0.2) is 30.3 Å². The topological polar surface area (TPSA) is 76.2 Å². The summed E-state index contributed by atoms with van der Waals surface area (Å²) in [6.07, 6.45) is 0.513. The minimum atomic E-state index is 0.0373. The first-order valence-corrected chi connectivity index (χ1v) is 6.11. The number of hydrogen-bond donors (Lipinski definition) is 2. The second-order valence-corrected chi connectivity index (χ2v) is 4.53. The number of nitrogens with one attached hydrogen (secondary N) is 1. The Labute approximate surface area is 110 Å². The van der Waals surface area contributed by atoms with E-state index in [1.807, 2.05) is 35.3 Å². The van der Waals surface area contributed by atoms with E-state index < -0.39 is 0 Å². The lowest BCUT2D eigenvalue weighted by Gasteiger charge is -2.20.